The zero-order valence-electron chi connectivity index (χ0n) is 5.76. The van der Waals surface area contributed by atoms with Crippen molar-refractivity contribution < 1.29 is 4.79 Å². The van der Waals surface area contributed by atoms with Crippen molar-refractivity contribution in [2.75, 3.05) is 0 Å². The molecule has 1 atom stereocenters. The van der Waals surface area contributed by atoms with Crippen molar-refractivity contribution in [2.24, 2.45) is 5.92 Å². The third-order valence-corrected chi connectivity index (χ3v) is 1.84. The van der Waals surface area contributed by atoms with Crippen molar-refractivity contribution in [1.29, 1.82) is 0 Å². The lowest BCUT2D eigenvalue weighted by atomic mass is 9.92. The minimum Gasteiger partial charge on any atom is -0.295 e. The van der Waals surface area contributed by atoms with Crippen LogP contribution in [0.3, 0.4) is 0 Å². The third kappa shape index (κ3) is 1.67. The van der Waals surface area contributed by atoms with Gasteiger partial charge in [-0.2, -0.15) is 0 Å². The summed E-state index contributed by atoms with van der Waals surface area (Å²) in [6.45, 7) is 2.14. The fourth-order valence-electron chi connectivity index (χ4n) is 1.14. The second-order valence-electron chi connectivity index (χ2n) is 2.58. The van der Waals surface area contributed by atoms with E-state index in [1.807, 2.05) is 6.08 Å². The van der Waals surface area contributed by atoms with Crippen LogP contribution < -0.4 is 0 Å². The molecule has 0 N–H and O–H groups in total. The van der Waals surface area contributed by atoms with E-state index in [9.17, 15) is 4.79 Å². The van der Waals surface area contributed by atoms with Crippen LogP contribution in [0.4, 0.5) is 0 Å². The van der Waals surface area contributed by atoms with Crippen LogP contribution in [-0.2, 0) is 4.79 Å². The number of hydrogen-bond donors (Lipinski definition) is 0. The number of rotatable bonds is 1. The van der Waals surface area contributed by atoms with Crippen LogP contribution in [-0.4, -0.2) is 5.78 Å². The maximum absolute atomic E-state index is 10.7. The topological polar surface area (TPSA) is 17.1 Å². The van der Waals surface area contributed by atoms with Crippen LogP contribution in [0.2, 0.25) is 0 Å². The van der Waals surface area contributed by atoms with Crippen molar-refractivity contribution >= 4 is 5.78 Å². The Labute approximate surface area is 55.8 Å². The minimum absolute atomic E-state index is 0.299. The first-order valence-electron chi connectivity index (χ1n) is 3.52. The molecule has 1 aliphatic rings. The van der Waals surface area contributed by atoms with E-state index in [0.717, 1.165) is 19.3 Å². The van der Waals surface area contributed by atoms with E-state index < -0.39 is 0 Å². The predicted octanol–water partition coefficient (Wildman–Crippen LogP) is 1.93. The molecular formula is C8H12O. The second kappa shape index (κ2) is 2.81. The molecule has 1 rings (SSSR count). The van der Waals surface area contributed by atoms with Gasteiger partial charge in [0.15, 0.2) is 5.78 Å². The average Bonchev–Trinajstić information content (AvgIpc) is 1.88. The van der Waals surface area contributed by atoms with Crippen molar-refractivity contribution in [2.45, 2.75) is 26.2 Å². The summed E-state index contributed by atoms with van der Waals surface area (Å²) in [5.41, 5.74) is 0. The van der Waals surface area contributed by atoms with Gasteiger partial charge in [-0.05, 0) is 18.4 Å². The second-order valence-corrected chi connectivity index (χ2v) is 2.58. The lowest BCUT2D eigenvalue weighted by molar-refractivity contribution is -0.115. The van der Waals surface area contributed by atoms with Crippen LogP contribution >= 0.6 is 0 Å². The predicted molar refractivity (Wildman–Crippen MR) is 37.2 cm³/mol. The van der Waals surface area contributed by atoms with E-state index in [0.29, 0.717) is 11.7 Å². The molecule has 9 heavy (non-hydrogen) atoms. The lowest BCUT2D eigenvalue weighted by Crippen LogP contribution is -2.08. The largest absolute Gasteiger partial charge is 0.295 e. The Kier molecular flexibility index (Phi) is 2.04. The van der Waals surface area contributed by atoms with Crippen LogP contribution in [0.1, 0.15) is 26.2 Å². The Hall–Kier alpha value is -0.590. The zero-order valence-corrected chi connectivity index (χ0v) is 5.76. The van der Waals surface area contributed by atoms with Gasteiger partial charge in [-0.3, -0.25) is 4.79 Å². The Bertz CT molecular complexity index is 136. The van der Waals surface area contributed by atoms with Crippen LogP contribution in [0.15, 0.2) is 12.2 Å². The molecule has 0 aliphatic heterocycles. The number of ketones is 1. The molecule has 0 spiro atoms. The molecule has 0 saturated carbocycles. The number of hydrogen-bond acceptors (Lipinski definition) is 1. The maximum Gasteiger partial charge on any atom is 0.155 e. The Morgan fingerprint density at radius 2 is 2.56 bits per heavy atom. The van der Waals surface area contributed by atoms with Gasteiger partial charge < -0.3 is 0 Å². The van der Waals surface area contributed by atoms with Gasteiger partial charge >= 0.3 is 0 Å². The average molecular weight is 124 g/mol. The molecule has 0 aromatic rings. The summed E-state index contributed by atoms with van der Waals surface area (Å²) in [6.07, 6.45) is 6.69. The highest BCUT2D eigenvalue weighted by atomic mass is 16.1. The molecular weight excluding hydrogens is 112 g/mol. The van der Waals surface area contributed by atoms with Crippen LogP contribution in [0, 0.1) is 5.92 Å². The van der Waals surface area contributed by atoms with Crippen molar-refractivity contribution in [3.8, 4) is 0 Å². The summed E-state index contributed by atoms with van der Waals surface area (Å²) in [5, 5.41) is 0. The molecule has 0 bridgehead atoms. The fourth-order valence-corrected chi connectivity index (χ4v) is 1.14. The van der Waals surface area contributed by atoms with Gasteiger partial charge in [-0.15, -0.1) is 0 Å². The standard InChI is InChI=1S/C8H12O/c1-2-7-4-3-5-8(9)6-7/h3,5,7H,2,4,6H2,1H3/t7-/m0/s1. The Balaban J connectivity index is 2.47. The SMILES string of the molecule is CC[C@H]1CC=CC(=O)C1. The summed E-state index contributed by atoms with van der Waals surface area (Å²) < 4.78 is 0. The van der Waals surface area contributed by atoms with Crippen molar-refractivity contribution in [3.05, 3.63) is 12.2 Å². The van der Waals surface area contributed by atoms with E-state index in [-0.39, 0.29) is 0 Å². The molecule has 1 nitrogen and oxygen atoms in total. The van der Waals surface area contributed by atoms with Crippen LogP contribution in [0.5, 0.6) is 0 Å². The first-order chi connectivity index (χ1) is 4.33. The third-order valence-electron chi connectivity index (χ3n) is 1.84. The fraction of sp³-hybridized carbons (Fsp3) is 0.625. The van der Waals surface area contributed by atoms with E-state index >= 15 is 0 Å². The van der Waals surface area contributed by atoms with Gasteiger partial charge in [-0.25, -0.2) is 0 Å². The van der Waals surface area contributed by atoms with Gasteiger partial charge in [0.2, 0.25) is 0 Å². The molecule has 0 fully saturated rings. The van der Waals surface area contributed by atoms with E-state index in [4.69, 9.17) is 0 Å². The van der Waals surface area contributed by atoms with Crippen molar-refractivity contribution in [3.63, 3.8) is 0 Å². The van der Waals surface area contributed by atoms with E-state index in [1.54, 1.807) is 6.08 Å². The van der Waals surface area contributed by atoms with Crippen LogP contribution in [0.25, 0.3) is 0 Å². The number of carbonyl (C=O) groups is 1. The molecule has 0 heterocycles. The summed E-state index contributed by atoms with van der Waals surface area (Å²) in [6, 6.07) is 0. The molecule has 0 radical (unpaired) electrons. The van der Waals surface area contributed by atoms with Gasteiger partial charge in [0, 0.05) is 6.42 Å². The smallest absolute Gasteiger partial charge is 0.155 e. The first kappa shape index (κ1) is 6.53. The normalized spacial score (nSPS) is 26.8. The Morgan fingerprint density at radius 3 is 3.00 bits per heavy atom. The van der Waals surface area contributed by atoms with Gasteiger partial charge in [0.1, 0.15) is 0 Å². The summed E-state index contributed by atoms with van der Waals surface area (Å²) in [4.78, 5) is 10.7. The molecule has 1 aliphatic carbocycles. The van der Waals surface area contributed by atoms with Gasteiger partial charge in [0.25, 0.3) is 0 Å². The Morgan fingerprint density at radius 1 is 1.78 bits per heavy atom. The van der Waals surface area contributed by atoms with E-state index in [2.05, 4.69) is 6.92 Å². The molecule has 0 aromatic heterocycles. The van der Waals surface area contributed by atoms with E-state index in [1.165, 1.54) is 0 Å². The molecule has 0 saturated heterocycles. The monoisotopic (exact) mass is 124 g/mol. The zero-order chi connectivity index (χ0) is 6.69. The highest BCUT2D eigenvalue weighted by molar-refractivity contribution is 5.90. The summed E-state index contributed by atoms with van der Waals surface area (Å²) in [5.74, 6) is 0.926. The van der Waals surface area contributed by atoms with Crippen molar-refractivity contribution in [1.82, 2.24) is 0 Å². The molecule has 0 amide bonds. The molecule has 0 aromatic carbocycles. The van der Waals surface area contributed by atoms with Gasteiger partial charge in [0.05, 0.1) is 0 Å². The summed E-state index contributed by atoms with van der Waals surface area (Å²) >= 11 is 0. The number of carbonyl (C=O) groups excluding carboxylic acids is 1. The first-order valence-corrected chi connectivity index (χ1v) is 3.52. The maximum atomic E-state index is 10.7. The highest BCUT2D eigenvalue weighted by Gasteiger charge is 2.11. The highest BCUT2D eigenvalue weighted by Crippen LogP contribution is 2.18. The quantitative estimate of drug-likeness (QED) is 0.522. The molecule has 50 valence electrons. The number of allylic oxidation sites excluding steroid dienone is 2. The van der Waals surface area contributed by atoms with Gasteiger partial charge in [-0.1, -0.05) is 19.4 Å². The molecule has 1 heteroatoms. The summed E-state index contributed by atoms with van der Waals surface area (Å²) in [7, 11) is 0. The minimum atomic E-state index is 0.299. The lowest BCUT2D eigenvalue weighted by Gasteiger charge is -2.13. The molecule has 0 unspecified atom stereocenters.